The minimum atomic E-state index is -0.229. The molecule has 0 aliphatic carbocycles. The van der Waals surface area contributed by atoms with Crippen LogP contribution in [0.2, 0.25) is 0 Å². The van der Waals surface area contributed by atoms with Gasteiger partial charge in [-0.3, -0.25) is 5.73 Å². The second-order valence-corrected chi connectivity index (χ2v) is 7.55. The fourth-order valence-corrected chi connectivity index (χ4v) is 4.97. The summed E-state index contributed by atoms with van der Waals surface area (Å²) in [7, 11) is 0. The van der Waals surface area contributed by atoms with Crippen LogP contribution in [-0.2, 0) is 6.54 Å². The highest BCUT2D eigenvalue weighted by atomic mass is 32.2. The van der Waals surface area contributed by atoms with Crippen LogP contribution in [0.5, 0.6) is 0 Å². The van der Waals surface area contributed by atoms with E-state index in [4.69, 9.17) is 5.73 Å². The zero-order valence-corrected chi connectivity index (χ0v) is 15.1. The SMILES string of the molecule is C=Cc1cccc2c1[N+](Cc1ccc(F)cc1)(c1ccccc1)C(N)S2. The van der Waals surface area contributed by atoms with E-state index in [0.29, 0.717) is 11.0 Å². The van der Waals surface area contributed by atoms with E-state index in [1.807, 2.05) is 42.5 Å². The van der Waals surface area contributed by atoms with Gasteiger partial charge in [-0.25, -0.2) is 8.87 Å². The lowest BCUT2D eigenvalue weighted by Crippen LogP contribution is -2.52. The van der Waals surface area contributed by atoms with Crippen LogP contribution in [0.1, 0.15) is 11.1 Å². The third kappa shape index (κ3) is 2.67. The van der Waals surface area contributed by atoms with Gasteiger partial charge >= 0.3 is 0 Å². The Kier molecular flexibility index (Phi) is 4.41. The molecule has 0 spiro atoms. The summed E-state index contributed by atoms with van der Waals surface area (Å²) >= 11 is 1.67. The predicted molar refractivity (Wildman–Crippen MR) is 108 cm³/mol. The van der Waals surface area contributed by atoms with Gasteiger partial charge in [-0.05, 0) is 48.2 Å². The van der Waals surface area contributed by atoms with Crippen LogP contribution in [0.15, 0.2) is 84.3 Å². The minimum absolute atomic E-state index is 0.196. The Bertz CT molecular complexity index is 940. The summed E-state index contributed by atoms with van der Waals surface area (Å²) in [4.78, 5) is 1.17. The van der Waals surface area contributed by atoms with Crippen molar-refractivity contribution in [1.82, 2.24) is 4.48 Å². The molecule has 1 heterocycles. The standard InChI is InChI=1S/C22H20FN2S/c1-2-17-7-6-10-20-21(17)25(22(24)26-20,19-8-4-3-5-9-19)15-16-11-13-18(23)14-12-16/h2-14,22H,1,15,24H2/q+1. The van der Waals surface area contributed by atoms with Crippen LogP contribution in [-0.4, -0.2) is 5.50 Å². The Morgan fingerprint density at radius 2 is 1.73 bits per heavy atom. The Morgan fingerprint density at radius 1 is 1.00 bits per heavy atom. The molecular formula is C22H20FN2S+. The highest BCUT2D eigenvalue weighted by Gasteiger charge is 2.49. The number of hydrogen-bond acceptors (Lipinski definition) is 2. The molecule has 0 fully saturated rings. The maximum absolute atomic E-state index is 13.4. The van der Waals surface area contributed by atoms with Crippen LogP contribution in [0, 0.1) is 5.82 Å². The molecule has 26 heavy (non-hydrogen) atoms. The first-order valence-electron chi connectivity index (χ1n) is 8.51. The Balaban J connectivity index is 1.96. The van der Waals surface area contributed by atoms with E-state index >= 15 is 0 Å². The average molecular weight is 363 g/mol. The Morgan fingerprint density at radius 3 is 2.42 bits per heavy atom. The summed E-state index contributed by atoms with van der Waals surface area (Å²) < 4.78 is 13.9. The first-order valence-corrected chi connectivity index (χ1v) is 9.39. The van der Waals surface area contributed by atoms with Crippen molar-refractivity contribution in [3.63, 3.8) is 0 Å². The maximum atomic E-state index is 13.4. The van der Waals surface area contributed by atoms with Gasteiger partial charge in [0.15, 0.2) is 5.69 Å². The lowest BCUT2D eigenvalue weighted by molar-refractivity contribution is 0.362. The molecule has 4 heteroatoms. The molecule has 1 aliphatic rings. The monoisotopic (exact) mass is 363 g/mol. The van der Waals surface area contributed by atoms with E-state index in [1.165, 1.54) is 17.0 Å². The minimum Gasteiger partial charge on any atom is -0.271 e. The van der Waals surface area contributed by atoms with Crippen LogP contribution < -0.4 is 10.2 Å². The number of fused-ring (bicyclic) bond motifs is 1. The number of rotatable bonds is 4. The van der Waals surface area contributed by atoms with E-state index in [2.05, 4.69) is 30.8 Å². The molecule has 1 aliphatic heterocycles. The number of para-hydroxylation sites is 2. The van der Waals surface area contributed by atoms with Crippen molar-refractivity contribution in [3.05, 3.63) is 96.3 Å². The number of quaternary nitrogens is 1. The molecule has 130 valence electrons. The number of thioether (sulfide) groups is 1. The number of halogens is 1. The van der Waals surface area contributed by atoms with E-state index < -0.39 is 0 Å². The van der Waals surface area contributed by atoms with E-state index in [1.54, 1.807) is 11.8 Å². The van der Waals surface area contributed by atoms with Crippen molar-refractivity contribution in [2.24, 2.45) is 5.73 Å². The summed E-state index contributed by atoms with van der Waals surface area (Å²) in [5.41, 5.74) is 10.9. The third-order valence-corrected chi connectivity index (χ3v) is 6.08. The number of nitrogens with two attached hydrogens (primary N) is 1. The summed E-state index contributed by atoms with van der Waals surface area (Å²) in [5.74, 6) is -0.229. The molecular weight excluding hydrogens is 343 g/mol. The molecule has 0 bridgehead atoms. The van der Waals surface area contributed by atoms with Crippen LogP contribution in [0.25, 0.3) is 6.08 Å². The molecule has 0 saturated heterocycles. The number of benzene rings is 3. The normalized spacial score (nSPS) is 21.4. The van der Waals surface area contributed by atoms with Crippen molar-refractivity contribution in [3.8, 4) is 0 Å². The summed E-state index contributed by atoms with van der Waals surface area (Å²) in [6.07, 6.45) is 1.89. The van der Waals surface area contributed by atoms with Gasteiger partial charge in [0, 0.05) is 11.1 Å². The van der Waals surface area contributed by atoms with Gasteiger partial charge in [0.25, 0.3) is 0 Å². The predicted octanol–water partition coefficient (Wildman–Crippen LogP) is 5.66. The lowest BCUT2D eigenvalue weighted by Gasteiger charge is -2.38. The van der Waals surface area contributed by atoms with E-state index in [0.717, 1.165) is 22.5 Å². The van der Waals surface area contributed by atoms with Gasteiger partial charge in [0.05, 0.1) is 4.90 Å². The molecule has 2 atom stereocenters. The Hall–Kier alpha value is -2.40. The van der Waals surface area contributed by atoms with Gasteiger partial charge < -0.3 is 0 Å². The fraction of sp³-hybridized carbons (Fsp3) is 0.0909. The topological polar surface area (TPSA) is 26.0 Å². The van der Waals surface area contributed by atoms with Crippen molar-refractivity contribution >= 4 is 29.2 Å². The fourth-order valence-electron chi connectivity index (χ4n) is 3.68. The zero-order valence-electron chi connectivity index (χ0n) is 14.3. The largest absolute Gasteiger partial charge is 0.271 e. The third-order valence-electron chi connectivity index (χ3n) is 4.89. The molecule has 3 aromatic carbocycles. The summed E-state index contributed by atoms with van der Waals surface area (Å²) in [6.45, 7) is 4.65. The van der Waals surface area contributed by atoms with Crippen molar-refractivity contribution in [1.29, 1.82) is 0 Å². The molecule has 2 unspecified atom stereocenters. The van der Waals surface area contributed by atoms with Gasteiger partial charge in [-0.2, -0.15) is 0 Å². The molecule has 0 aromatic heterocycles. The second kappa shape index (κ2) is 6.72. The summed E-state index contributed by atoms with van der Waals surface area (Å²) in [6, 6.07) is 23.2. The number of nitrogens with zero attached hydrogens (tertiary/aromatic N) is 1. The average Bonchev–Trinajstić information content (AvgIpc) is 2.97. The second-order valence-electron chi connectivity index (χ2n) is 6.40. The smallest absolute Gasteiger partial charge is 0.203 e. The number of hydrogen-bond donors (Lipinski definition) is 1. The summed E-state index contributed by atoms with van der Waals surface area (Å²) in [5, 5.41) is 0. The van der Waals surface area contributed by atoms with Crippen molar-refractivity contribution in [2.75, 3.05) is 0 Å². The molecule has 2 nitrogen and oxygen atoms in total. The molecule has 2 N–H and O–H groups in total. The van der Waals surface area contributed by atoms with Gasteiger partial charge in [-0.15, -0.1) is 0 Å². The van der Waals surface area contributed by atoms with Crippen molar-refractivity contribution < 1.29 is 4.39 Å². The van der Waals surface area contributed by atoms with Crippen molar-refractivity contribution in [2.45, 2.75) is 16.9 Å². The van der Waals surface area contributed by atoms with Crippen LogP contribution in [0.4, 0.5) is 15.8 Å². The van der Waals surface area contributed by atoms with Gasteiger partial charge in [0.1, 0.15) is 18.0 Å². The van der Waals surface area contributed by atoms with E-state index in [-0.39, 0.29) is 11.3 Å². The molecule has 3 aromatic rings. The molecule has 0 saturated carbocycles. The highest BCUT2D eigenvalue weighted by molar-refractivity contribution is 8.00. The van der Waals surface area contributed by atoms with E-state index in [9.17, 15) is 4.39 Å². The zero-order chi connectivity index (χ0) is 18.1. The molecule has 4 rings (SSSR count). The van der Waals surface area contributed by atoms with Gasteiger partial charge in [0.2, 0.25) is 5.50 Å². The maximum Gasteiger partial charge on any atom is 0.203 e. The van der Waals surface area contributed by atoms with Gasteiger partial charge in [-0.1, -0.05) is 49.1 Å². The first-order chi connectivity index (χ1) is 12.6. The quantitative estimate of drug-likeness (QED) is 0.606. The molecule has 0 amide bonds. The first kappa shape index (κ1) is 17.0. The highest BCUT2D eigenvalue weighted by Crippen LogP contribution is 2.54. The Labute approximate surface area is 157 Å². The molecule has 0 radical (unpaired) electrons. The lowest BCUT2D eigenvalue weighted by atomic mass is 10.1. The van der Waals surface area contributed by atoms with Crippen LogP contribution >= 0.6 is 11.8 Å². The van der Waals surface area contributed by atoms with Crippen LogP contribution in [0.3, 0.4) is 0 Å².